The number of halogens is 1. The van der Waals surface area contributed by atoms with Crippen molar-refractivity contribution in [1.29, 1.82) is 0 Å². The van der Waals surface area contributed by atoms with E-state index in [4.69, 9.17) is 0 Å². The first-order valence-electron chi connectivity index (χ1n) is 7.77. The lowest BCUT2D eigenvalue weighted by Crippen LogP contribution is -2.49. The molecule has 0 fully saturated rings. The fraction of sp³-hybridized carbons (Fsp3) is 0.588. The molecule has 118 valence electrons. The van der Waals surface area contributed by atoms with Crippen LogP contribution in [0.3, 0.4) is 0 Å². The molecule has 0 bridgehead atoms. The van der Waals surface area contributed by atoms with E-state index >= 15 is 0 Å². The molecule has 2 unspecified atom stereocenters. The molecule has 0 aliphatic carbocycles. The number of rotatable bonds is 8. The highest BCUT2D eigenvalue weighted by Gasteiger charge is 2.17. The summed E-state index contributed by atoms with van der Waals surface area (Å²) in [4.78, 5) is 12.1. The molecule has 1 rings (SSSR count). The van der Waals surface area contributed by atoms with Gasteiger partial charge in [0, 0.05) is 12.1 Å². The van der Waals surface area contributed by atoms with Crippen LogP contribution in [0.15, 0.2) is 24.3 Å². The summed E-state index contributed by atoms with van der Waals surface area (Å²) in [6, 6.07) is 6.65. The maximum atomic E-state index is 12.9. The standard InChI is InChI=1S/C17H27FN2O/c1-5-16(6-2)20-17(21)13(4)19-12(3)11-14-7-9-15(18)10-8-14/h7-10,12-13,16,19H,5-6,11H2,1-4H3,(H,20,21). The fourth-order valence-corrected chi connectivity index (χ4v) is 2.35. The molecule has 0 radical (unpaired) electrons. The lowest BCUT2D eigenvalue weighted by Gasteiger charge is -2.22. The Morgan fingerprint density at radius 1 is 1.14 bits per heavy atom. The highest BCUT2D eigenvalue weighted by atomic mass is 19.1. The van der Waals surface area contributed by atoms with Gasteiger partial charge in [0.25, 0.3) is 0 Å². The molecule has 2 N–H and O–H groups in total. The van der Waals surface area contributed by atoms with Gasteiger partial charge in [0.05, 0.1) is 6.04 Å². The summed E-state index contributed by atoms with van der Waals surface area (Å²) in [5.74, 6) is -0.188. The van der Waals surface area contributed by atoms with Gasteiger partial charge in [-0.15, -0.1) is 0 Å². The third kappa shape index (κ3) is 6.25. The first kappa shape index (κ1) is 17.6. The van der Waals surface area contributed by atoms with Crippen LogP contribution < -0.4 is 10.6 Å². The van der Waals surface area contributed by atoms with Gasteiger partial charge in [0.1, 0.15) is 5.82 Å². The molecule has 0 heterocycles. The second-order valence-corrected chi connectivity index (χ2v) is 5.64. The molecule has 0 aliphatic heterocycles. The second-order valence-electron chi connectivity index (χ2n) is 5.64. The molecule has 0 saturated carbocycles. The van der Waals surface area contributed by atoms with Gasteiger partial charge in [-0.3, -0.25) is 4.79 Å². The quantitative estimate of drug-likeness (QED) is 0.774. The second kappa shape index (κ2) is 8.78. The highest BCUT2D eigenvalue weighted by Crippen LogP contribution is 2.06. The number of hydrogen-bond acceptors (Lipinski definition) is 2. The van der Waals surface area contributed by atoms with Crippen molar-refractivity contribution in [2.75, 3.05) is 0 Å². The van der Waals surface area contributed by atoms with Crippen molar-refractivity contribution in [3.63, 3.8) is 0 Å². The highest BCUT2D eigenvalue weighted by molar-refractivity contribution is 5.81. The number of amides is 1. The SMILES string of the molecule is CCC(CC)NC(=O)C(C)NC(C)Cc1ccc(F)cc1. The number of carbonyl (C=O) groups is 1. The molecule has 1 amide bonds. The van der Waals surface area contributed by atoms with E-state index in [1.165, 1.54) is 12.1 Å². The zero-order chi connectivity index (χ0) is 15.8. The predicted octanol–water partition coefficient (Wildman–Crippen LogP) is 3.04. The Balaban J connectivity index is 2.44. The Morgan fingerprint density at radius 3 is 2.24 bits per heavy atom. The molecular weight excluding hydrogens is 267 g/mol. The van der Waals surface area contributed by atoms with Crippen LogP contribution in [0.4, 0.5) is 4.39 Å². The largest absolute Gasteiger partial charge is 0.352 e. The summed E-state index contributed by atoms with van der Waals surface area (Å²) in [6.07, 6.45) is 2.66. The lowest BCUT2D eigenvalue weighted by molar-refractivity contribution is -0.123. The maximum absolute atomic E-state index is 12.9. The van der Waals surface area contributed by atoms with Gasteiger partial charge in [-0.05, 0) is 50.8 Å². The molecule has 0 aromatic heterocycles. The maximum Gasteiger partial charge on any atom is 0.237 e. The molecule has 4 heteroatoms. The minimum absolute atomic E-state index is 0.0367. The van der Waals surface area contributed by atoms with Crippen molar-refractivity contribution in [2.24, 2.45) is 0 Å². The third-order valence-electron chi connectivity index (χ3n) is 3.71. The van der Waals surface area contributed by atoms with Gasteiger partial charge in [0.15, 0.2) is 0 Å². The molecule has 1 aromatic rings. The van der Waals surface area contributed by atoms with E-state index in [0.29, 0.717) is 0 Å². The van der Waals surface area contributed by atoms with Crippen molar-refractivity contribution in [2.45, 2.75) is 65.1 Å². The molecule has 1 aromatic carbocycles. The van der Waals surface area contributed by atoms with Gasteiger partial charge in [-0.1, -0.05) is 26.0 Å². The summed E-state index contributed by atoms with van der Waals surface area (Å²) in [6.45, 7) is 8.05. The van der Waals surface area contributed by atoms with Crippen LogP contribution >= 0.6 is 0 Å². The average Bonchev–Trinajstić information content (AvgIpc) is 2.46. The first-order valence-corrected chi connectivity index (χ1v) is 7.77. The van der Waals surface area contributed by atoms with Crippen LogP contribution in [0, 0.1) is 5.82 Å². The Morgan fingerprint density at radius 2 is 1.71 bits per heavy atom. The zero-order valence-electron chi connectivity index (χ0n) is 13.4. The minimum Gasteiger partial charge on any atom is -0.352 e. The minimum atomic E-state index is -0.235. The van der Waals surface area contributed by atoms with Crippen molar-refractivity contribution in [3.8, 4) is 0 Å². The van der Waals surface area contributed by atoms with Crippen LogP contribution in [-0.2, 0) is 11.2 Å². The summed E-state index contributed by atoms with van der Waals surface area (Å²) in [5, 5.41) is 6.33. The van der Waals surface area contributed by atoms with Crippen molar-refractivity contribution in [3.05, 3.63) is 35.6 Å². The number of hydrogen-bond donors (Lipinski definition) is 2. The van der Waals surface area contributed by atoms with E-state index in [-0.39, 0.29) is 29.8 Å². The number of carbonyl (C=O) groups excluding carboxylic acids is 1. The van der Waals surface area contributed by atoms with Crippen LogP contribution in [0.1, 0.15) is 46.1 Å². The Bertz CT molecular complexity index is 429. The molecule has 0 aliphatic rings. The van der Waals surface area contributed by atoms with Crippen molar-refractivity contribution in [1.82, 2.24) is 10.6 Å². The average molecular weight is 294 g/mol. The van der Waals surface area contributed by atoms with Crippen molar-refractivity contribution < 1.29 is 9.18 Å². The van der Waals surface area contributed by atoms with Gasteiger partial charge in [-0.2, -0.15) is 0 Å². The van der Waals surface area contributed by atoms with Gasteiger partial charge in [-0.25, -0.2) is 4.39 Å². The van der Waals surface area contributed by atoms with E-state index in [9.17, 15) is 9.18 Å². The summed E-state index contributed by atoms with van der Waals surface area (Å²) in [5.41, 5.74) is 1.06. The Labute approximate surface area is 127 Å². The smallest absolute Gasteiger partial charge is 0.237 e. The Kier molecular flexibility index (Phi) is 7.37. The van der Waals surface area contributed by atoms with Gasteiger partial charge < -0.3 is 10.6 Å². The topological polar surface area (TPSA) is 41.1 Å². The normalized spacial score (nSPS) is 14.0. The fourth-order valence-electron chi connectivity index (χ4n) is 2.35. The molecule has 0 spiro atoms. The van der Waals surface area contributed by atoms with Crippen LogP contribution in [0.5, 0.6) is 0 Å². The monoisotopic (exact) mass is 294 g/mol. The van der Waals surface area contributed by atoms with E-state index in [2.05, 4.69) is 24.5 Å². The summed E-state index contributed by atoms with van der Waals surface area (Å²) < 4.78 is 12.9. The number of nitrogens with one attached hydrogen (secondary N) is 2. The van der Waals surface area contributed by atoms with Crippen LogP contribution in [-0.4, -0.2) is 24.0 Å². The predicted molar refractivity (Wildman–Crippen MR) is 84.7 cm³/mol. The Hall–Kier alpha value is -1.42. The van der Waals surface area contributed by atoms with Gasteiger partial charge in [0.2, 0.25) is 5.91 Å². The molecule has 2 atom stereocenters. The summed E-state index contributed by atoms with van der Waals surface area (Å²) >= 11 is 0. The van der Waals surface area contributed by atoms with Gasteiger partial charge >= 0.3 is 0 Å². The number of benzene rings is 1. The lowest BCUT2D eigenvalue weighted by atomic mass is 10.1. The zero-order valence-corrected chi connectivity index (χ0v) is 13.4. The van der Waals surface area contributed by atoms with E-state index in [0.717, 1.165) is 24.8 Å². The van der Waals surface area contributed by atoms with E-state index in [1.54, 1.807) is 12.1 Å². The van der Waals surface area contributed by atoms with E-state index < -0.39 is 0 Å². The molecule has 3 nitrogen and oxygen atoms in total. The summed E-state index contributed by atoms with van der Waals surface area (Å²) in [7, 11) is 0. The van der Waals surface area contributed by atoms with Crippen LogP contribution in [0.2, 0.25) is 0 Å². The van der Waals surface area contributed by atoms with Crippen molar-refractivity contribution >= 4 is 5.91 Å². The third-order valence-corrected chi connectivity index (χ3v) is 3.71. The first-order chi connectivity index (χ1) is 9.96. The molecular formula is C17H27FN2O. The molecule has 21 heavy (non-hydrogen) atoms. The van der Waals surface area contributed by atoms with E-state index in [1.807, 2.05) is 13.8 Å². The van der Waals surface area contributed by atoms with Crippen LogP contribution in [0.25, 0.3) is 0 Å². The molecule has 0 saturated heterocycles.